The number of fused-ring (bicyclic) bond motifs is 4. The maximum Gasteiger partial charge on any atom is 0.324 e. The molecule has 12 rings (SSSR count). The predicted molar refractivity (Wildman–Crippen MR) is 348 cm³/mol. The summed E-state index contributed by atoms with van der Waals surface area (Å²) in [6.45, 7) is 27.6. The minimum Gasteiger partial charge on any atom is -0.597 e. The Morgan fingerprint density at radius 1 is 0.989 bits per heavy atom. The molecule has 1 aromatic carbocycles. The Balaban J connectivity index is 0.884. The number of likely N-dealkylation sites (tertiary alicyclic amines) is 2. The number of hydrazine groups is 1. The van der Waals surface area contributed by atoms with Crippen molar-refractivity contribution < 1.29 is 42.0 Å². The second-order valence-corrected chi connectivity index (χ2v) is 31.9. The number of alkyl halides is 2. The number of carbonyl (C=O) groups excluding carboxylic acids is 4. The first-order valence-corrected chi connectivity index (χ1v) is 34.9. The van der Waals surface area contributed by atoms with Crippen LogP contribution in [0.15, 0.2) is 60.3 Å². The average molecular weight is 1260 g/mol. The van der Waals surface area contributed by atoms with Crippen molar-refractivity contribution in [3.05, 3.63) is 77.2 Å². The molecule has 2 N–H and O–H groups in total. The maximum atomic E-state index is 15.6. The number of hydrogen-bond donors (Lipinski definition) is 2. The number of allylic oxidation sites excluding steroid dienone is 4. The Kier molecular flexibility index (Phi) is 18.7. The number of ether oxygens (including phenoxy) is 2. The Morgan fingerprint density at radius 2 is 1.74 bits per heavy atom. The number of hydrogen-bond acceptors (Lipinski definition) is 13. The first kappa shape index (κ1) is 64.9. The van der Waals surface area contributed by atoms with E-state index >= 15 is 9.59 Å². The molecule has 90 heavy (non-hydrogen) atoms. The second-order valence-electron chi connectivity index (χ2n) is 29.8. The zero-order chi connectivity index (χ0) is 63.7. The van der Waals surface area contributed by atoms with E-state index in [2.05, 4.69) is 75.6 Å². The highest BCUT2D eigenvalue weighted by atomic mass is 32.2. The molecule has 8 fully saturated rings. The van der Waals surface area contributed by atoms with E-state index in [-0.39, 0.29) is 66.5 Å². The van der Waals surface area contributed by atoms with E-state index in [0.29, 0.717) is 75.1 Å². The average Bonchev–Trinajstić information content (AvgIpc) is 1.56. The number of esters is 1. The van der Waals surface area contributed by atoms with E-state index in [1.54, 1.807) is 13.2 Å². The highest BCUT2D eigenvalue weighted by Crippen LogP contribution is 2.52. The monoisotopic (exact) mass is 1260 g/mol. The molecule has 17 nitrogen and oxygen atoms in total. The molecule has 20 heteroatoms. The fourth-order valence-electron chi connectivity index (χ4n) is 16.4. The first-order chi connectivity index (χ1) is 42.9. The molecule has 1 unspecified atom stereocenters. The van der Waals surface area contributed by atoms with Crippen LogP contribution in [0.2, 0.25) is 0 Å². The Hall–Kier alpha value is -5.22. The maximum absolute atomic E-state index is 15.6. The van der Waals surface area contributed by atoms with Crippen LogP contribution in [0, 0.1) is 22.7 Å². The number of pyridine rings is 1. The van der Waals surface area contributed by atoms with Crippen LogP contribution < -0.4 is 15.6 Å². The fourth-order valence-corrected chi connectivity index (χ4v) is 17.9. The summed E-state index contributed by atoms with van der Waals surface area (Å²) in [7, 11) is 1.71. The van der Waals surface area contributed by atoms with Gasteiger partial charge in [0, 0.05) is 111 Å². The van der Waals surface area contributed by atoms with Crippen LogP contribution in [0.4, 0.5) is 14.5 Å². The summed E-state index contributed by atoms with van der Waals surface area (Å²) in [5.74, 6) is -0.791. The van der Waals surface area contributed by atoms with Crippen LogP contribution in [-0.4, -0.2) is 182 Å². The van der Waals surface area contributed by atoms with Gasteiger partial charge in [0.2, 0.25) is 11.8 Å². The molecule has 2 aliphatic carbocycles. The first-order valence-electron chi connectivity index (χ1n) is 33.8. The summed E-state index contributed by atoms with van der Waals surface area (Å²) < 4.78 is 59.7. The zero-order valence-corrected chi connectivity index (χ0v) is 55.6. The summed E-state index contributed by atoms with van der Waals surface area (Å²) in [5, 5.41) is 5.65. The number of benzene rings is 1. The van der Waals surface area contributed by atoms with Crippen LogP contribution >= 0.6 is 0 Å². The van der Waals surface area contributed by atoms with Crippen molar-refractivity contribution in [3.63, 3.8) is 0 Å². The Bertz CT molecular complexity index is 3300. The van der Waals surface area contributed by atoms with Gasteiger partial charge in [0.15, 0.2) is 6.04 Å². The summed E-state index contributed by atoms with van der Waals surface area (Å²) in [5.41, 5.74) is 9.74. The van der Waals surface area contributed by atoms with E-state index < -0.39 is 58.0 Å². The molecule has 10 atom stereocenters. The van der Waals surface area contributed by atoms with Crippen LogP contribution in [0.1, 0.15) is 162 Å². The lowest BCUT2D eigenvalue weighted by molar-refractivity contribution is -0.155. The minimum absolute atomic E-state index is 0.0124. The highest BCUT2D eigenvalue weighted by molar-refractivity contribution is 7.90. The third-order valence-electron chi connectivity index (χ3n) is 21.5. The molecule has 2 saturated carbocycles. The number of anilines is 1. The highest BCUT2D eigenvalue weighted by Gasteiger charge is 2.68. The number of amides is 3. The van der Waals surface area contributed by atoms with Gasteiger partial charge in [-0.05, 0) is 183 Å². The molecule has 1 spiro atoms. The minimum atomic E-state index is -2.79. The third kappa shape index (κ3) is 13.2. The van der Waals surface area contributed by atoms with Crippen LogP contribution in [-0.2, 0) is 53.0 Å². The van der Waals surface area contributed by atoms with Crippen LogP contribution in [0.5, 0.6) is 0 Å². The van der Waals surface area contributed by atoms with E-state index in [1.165, 1.54) is 30.9 Å². The molecule has 3 aromatic rings. The normalized spacial score (nSPS) is 30.0. The number of carbonyl (C=O) groups is 4. The molecule has 6 saturated heterocycles. The quantitative estimate of drug-likeness (QED) is 0.0889. The molecule has 7 aliphatic heterocycles. The molecular formula is C70H98F2N10O7S. The van der Waals surface area contributed by atoms with Crippen molar-refractivity contribution >= 4 is 57.2 Å². The standard InChI is InChI=1S/C70H98F2N10O7S/c1-11-80-57-23-22-49-35-52(57)54(61(80)53-36-51(38-73-58(53)45(4)88-10)77-31-30-76-26-14-18-50(76)39-77)37-69(8,9)42-89-67(86)55-19-15-27-81(75-55)65(84)56(34-46(32-43(49)2)33-44(3)63(71)72)74-64(83)60(47-16-12-13-17-47)78-28-24-70(40-78)25-29-79(41-70)66(85)62-59(48-20-21-48)82(62)90(87)68(5,6)7/h22-23,32-33,35-36,38,45,47-48,50,55-56,59-60,62-63,75H,2,11-21,24-31,34,37,39-42H2,1,3-10H3,(H,74,83)/b44-33+,46-32+/t45-,50+,55-,56-,59+,60-,62+,70-,82?,90+/m0/s1. The predicted octanol–water partition coefficient (Wildman–Crippen LogP) is 9.77. The van der Waals surface area contributed by atoms with Gasteiger partial charge in [-0.15, -0.1) is 4.31 Å². The van der Waals surface area contributed by atoms with Crippen molar-refractivity contribution in [2.45, 2.75) is 205 Å². The van der Waals surface area contributed by atoms with Crippen molar-refractivity contribution in [2.24, 2.45) is 22.7 Å². The van der Waals surface area contributed by atoms with Gasteiger partial charge in [0.25, 0.3) is 12.3 Å². The lowest BCUT2D eigenvalue weighted by Crippen LogP contribution is -2.61. The summed E-state index contributed by atoms with van der Waals surface area (Å²) in [4.78, 5) is 74.4. The topological polar surface area (TPSA) is 171 Å². The van der Waals surface area contributed by atoms with Gasteiger partial charge in [0.1, 0.15) is 16.8 Å². The lowest BCUT2D eigenvalue weighted by Gasteiger charge is -2.39. The number of cyclic esters (lactones) is 1. The van der Waals surface area contributed by atoms with Gasteiger partial charge in [0.05, 0.1) is 48.1 Å². The van der Waals surface area contributed by atoms with Crippen molar-refractivity contribution in [2.75, 3.05) is 77.5 Å². The molecule has 9 aliphatic rings. The van der Waals surface area contributed by atoms with Crippen LogP contribution in [0.3, 0.4) is 0 Å². The summed E-state index contributed by atoms with van der Waals surface area (Å²) in [6.07, 6.45) is 13.1. The number of nitrogens with zero attached hydrogens (tertiary/aromatic N) is 8. The van der Waals surface area contributed by atoms with Gasteiger partial charge < -0.3 is 33.7 Å². The SMILES string of the molecule is C=C1/C=C(\C=C(/C)C(F)F)C[C@H](NC(=O)[C@H](C2CCCC2)N2CC[C@]3(CCN(C(=O)[C@H]4[C@@H](C5CC5)N4[S@+]([O-])C(C)(C)C)C3)C2)C(=O)N2CCC[C@H](N2)C(=O)OCC(C)(C)Cc2c(-c3cc(N4CCN5CCC[C@@H]5C4)cnc3[C@H](C)OC)n(CC)c3ccc1cc23. The number of piperazine rings is 1. The summed E-state index contributed by atoms with van der Waals surface area (Å²) >= 11 is -1.29. The number of nitrogens with one attached hydrogen (secondary N) is 2. The van der Waals surface area contributed by atoms with Gasteiger partial charge in [-0.1, -0.05) is 51.5 Å². The van der Waals surface area contributed by atoms with Gasteiger partial charge in [-0.2, -0.15) is 0 Å². The molecule has 4 bridgehead atoms. The number of halogens is 2. The van der Waals surface area contributed by atoms with Crippen molar-refractivity contribution in [3.8, 4) is 11.3 Å². The third-order valence-corrected chi connectivity index (χ3v) is 23.4. The molecule has 3 amide bonds. The van der Waals surface area contributed by atoms with Gasteiger partial charge in [-0.25, -0.2) is 14.2 Å². The smallest absolute Gasteiger partial charge is 0.324 e. The van der Waals surface area contributed by atoms with Crippen molar-refractivity contribution in [1.82, 2.24) is 44.3 Å². The molecule has 0 radical (unpaired) electrons. The fraction of sp³-hybridized carbons (Fsp3) is 0.671. The summed E-state index contributed by atoms with van der Waals surface area (Å²) in [6, 6.07) is 6.01. The van der Waals surface area contributed by atoms with E-state index in [9.17, 15) is 22.9 Å². The molecule has 2 aromatic heterocycles. The number of rotatable bonds is 14. The zero-order valence-electron chi connectivity index (χ0n) is 54.8. The molecular weight excluding hydrogens is 1160 g/mol. The van der Waals surface area contributed by atoms with E-state index in [1.807, 2.05) is 49.2 Å². The number of aromatic nitrogens is 2. The van der Waals surface area contributed by atoms with Gasteiger partial charge >= 0.3 is 5.97 Å². The largest absolute Gasteiger partial charge is 0.597 e. The van der Waals surface area contributed by atoms with Crippen molar-refractivity contribution in [1.29, 1.82) is 0 Å². The lowest BCUT2D eigenvalue weighted by atomic mass is 9.84. The van der Waals surface area contributed by atoms with Crippen LogP contribution in [0.25, 0.3) is 27.7 Å². The van der Waals surface area contributed by atoms with E-state index in [0.717, 1.165) is 122 Å². The number of aryl methyl sites for hydroxylation is 1. The second kappa shape index (κ2) is 25.9. The van der Waals surface area contributed by atoms with Gasteiger partial charge in [-0.3, -0.25) is 39.0 Å². The molecule has 490 valence electrons. The number of methoxy groups -OCH3 is 1. The Morgan fingerprint density at radius 3 is 2.47 bits per heavy atom. The van der Waals surface area contributed by atoms with E-state index in [4.69, 9.17) is 14.5 Å². The Labute approximate surface area is 535 Å². The molecule has 9 heterocycles.